The first kappa shape index (κ1) is 18.7. The number of esters is 1. The van der Waals surface area contributed by atoms with Crippen molar-refractivity contribution >= 4 is 5.97 Å². The van der Waals surface area contributed by atoms with Crippen LogP contribution in [0.4, 0.5) is 0 Å². The second-order valence-corrected chi connectivity index (χ2v) is 6.60. The first-order valence-corrected chi connectivity index (χ1v) is 9.41. The first-order valence-electron chi connectivity index (χ1n) is 9.41. The number of unbranched alkanes of at least 4 members (excludes halogenated alkanes) is 6. The highest BCUT2D eigenvalue weighted by Crippen LogP contribution is 2.11. The Morgan fingerprint density at radius 2 is 1.50 bits per heavy atom. The van der Waals surface area contributed by atoms with Crippen molar-refractivity contribution in [3.63, 3.8) is 0 Å². The molecular formula is C21H31NO2. The molecule has 0 atom stereocenters. The lowest BCUT2D eigenvalue weighted by Gasteiger charge is -2.13. The van der Waals surface area contributed by atoms with Gasteiger partial charge in [-0.05, 0) is 24.9 Å². The Balaban J connectivity index is 1.35. The molecular weight excluding hydrogens is 298 g/mol. The third-order valence-electron chi connectivity index (χ3n) is 4.49. The smallest absolute Gasteiger partial charge is 0.306 e. The van der Waals surface area contributed by atoms with Crippen molar-refractivity contribution in [3.8, 4) is 0 Å². The quantitative estimate of drug-likeness (QED) is 0.316. The zero-order valence-corrected chi connectivity index (χ0v) is 14.8. The van der Waals surface area contributed by atoms with Gasteiger partial charge >= 0.3 is 5.97 Å². The lowest BCUT2D eigenvalue weighted by molar-refractivity contribution is -0.145. The summed E-state index contributed by atoms with van der Waals surface area (Å²) < 4.78 is 5.29. The van der Waals surface area contributed by atoms with Gasteiger partial charge in [0.25, 0.3) is 0 Å². The van der Waals surface area contributed by atoms with Crippen molar-refractivity contribution in [1.29, 1.82) is 0 Å². The van der Waals surface area contributed by atoms with Crippen LogP contribution in [0.1, 0.15) is 56.9 Å². The minimum atomic E-state index is -0.0712. The fourth-order valence-corrected chi connectivity index (χ4v) is 3.00. The summed E-state index contributed by atoms with van der Waals surface area (Å²) in [6, 6.07) is 9.85. The molecule has 0 aliphatic carbocycles. The summed E-state index contributed by atoms with van der Waals surface area (Å²) >= 11 is 0. The van der Waals surface area contributed by atoms with Gasteiger partial charge in [0.2, 0.25) is 0 Å². The number of nitrogens with zero attached hydrogens (tertiary/aromatic N) is 1. The van der Waals surface area contributed by atoms with Crippen LogP contribution in [0.2, 0.25) is 0 Å². The lowest BCUT2D eigenvalue weighted by atomic mass is 10.1. The van der Waals surface area contributed by atoms with Crippen LogP contribution in [0.5, 0.6) is 0 Å². The molecule has 1 aromatic rings. The predicted molar refractivity (Wildman–Crippen MR) is 98.8 cm³/mol. The molecule has 0 radical (unpaired) electrons. The molecule has 1 heterocycles. The minimum absolute atomic E-state index is 0.0712. The van der Waals surface area contributed by atoms with Gasteiger partial charge in [-0.25, -0.2) is 0 Å². The van der Waals surface area contributed by atoms with Crippen molar-refractivity contribution in [3.05, 3.63) is 48.0 Å². The highest BCUT2D eigenvalue weighted by molar-refractivity contribution is 5.69. The van der Waals surface area contributed by atoms with Crippen LogP contribution in [0, 0.1) is 0 Å². The Hall–Kier alpha value is -1.61. The van der Waals surface area contributed by atoms with E-state index in [-0.39, 0.29) is 5.97 Å². The molecule has 0 fully saturated rings. The summed E-state index contributed by atoms with van der Waals surface area (Å²) in [5.41, 5.74) is 1.05. The van der Waals surface area contributed by atoms with Crippen LogP contribution in [0.3, 0.4) is 0 Å². The third-order valence-corrected chi connectivity index (χ3v) is 4.49. The van der Waals surface area contributed by atoms with Gasteiger partial charge in [-0.2, -0.15) is 0 Å². The zero-order valence-electron chi connectivity index (χ0n) is 14.8. The topological polar surface area (TPSA) is 29.5 Å². The van der Waals surface area contributed by atoms with E-state index in [2.05, 4.69) is 17.1 Å². The molecule has 0 N–H and O–H groups in total. The number of benzene rings is 1. The zero-order chi connectivity index (χ0) is 16.9. The summed E-state index contributed by atoms with van der Waals surface area (Å²) in [5, 5.41) is 0. The molecule has 0 spiro atoms. The minimum Gasteiger partial charge on any atom is -0.461 e. The summed E-state index contributed by atoms with van der Waals surface area (Å²) in [6.45, 7) is 3.91. The van der Waals surface area contributed by atoms with Gasteiger partial charge in [0.15, 0.2) is 0 Å². The van der Waals surface area contributed by atoms with Gasteiger partial charge in [-0.15, -0.1) is 0 Å². The highest BCUT2D eigenvalue weighted by Gasteiger charge is 2.05. The average Bonchev–Trinajstić information content (AvgIpc) is 3.13. The number of hydrogen-bond acceptors (Lipinski definition) is 3. The normalized spacial score (nSPS) is 14.2. The molecule has 3 heteroatoms. The summed E-state index contributed by atoms with van der Waals surface area (Å²) in [7, 11) is 0. The van der Waals surface area contributed by atoms with Gasteiger partial charge in [-0.1, -0.05) is 74.6 Å². The largest absolute Gasteiger partial charge is 0.461 e. The number of carbonyl (C=O) groups excluding carboxylic acids is 1. The molecule has 1 aliphatic rings. The second-order valence-electron chi connectivity index (χ2n) is 6.60. The number of ether oxygens (including phenoxy) is 1. The van der Waals surface area contributed by atoms with Crippen molar-refractivity contribution in [2.24, 2.45) is 0 Å². The van der Waals surface area contributed by atoms with Crippen LogP contribution in [-0.4, -0.2) is 30.5 Å². The fourth-order valence-electron chi connectivity index (χ4n) is 3.00. The molecule has 0 amide bonds. The standard InChI is InChI=1S/C21H31NO2/c23-21(24-19-20-13-7-6-8-14-20)15-9-4-2-1-3-5-10-16-22-17-11-12-18-22/h6-8,11-14H,1-5,9-10,15-19H2. The molecule has 2 rings (SSSR count). The maximum Gasteiger partial charge on any atom is 0.306 e. The summed E-state index contributed by atoms with van der Waals surface area (Å²) in [5.74, 6) is -0.0712. The molecule has 1 aromatic carbocycles. The first-order chi connectivity index (χ1) is 11.8. The van der Waals surface area contributed by atoms with Crippen LogP contribution in [-0.2, 0) is 16.1 Å². The maximum absolute atomic E-state index is 11.7. The molecule has 0 saturated heterocycles. The SMILES string of the molecule is O=C(CCCCCCCCCN1CC=CC1)OCc1ccccc1. The van der Waals surface area contributed by atoms with Crippen molar-refractivity contribution in [2.75, 3.05) is 19.6 Å². The van der Waals surface area contributed by atoms with Gasteiger partial charge in [0.1, 0.15) is 6.61 Å². The van der Waals surface area contributed by atoms with E-state index in [9.17, 15) is 4.79 Å². The Bertz CT molecular complexity index is 476. The Morgan fingerprint density at radius 3 is 2.21 bits per heavy atom. The van der Waals surface area contributed by atoms with Crippen LogP contribution < -0.4 is 0 Å². The van der Waals surface area contributed by atoms with Crippen LogP contribution in [0.15, 0.2) is 42.5 Å². The summed E-state index contributed by atoms with van der Waals surface area (Å²) in [6.07, 6.45) is 13.6. The van der Waals surface area contributed by atoms with Crippen LogP contribution in [0.25, 0.3) is 0 Å². The van der Waals surface area contributed by atoms with Crippen molar-refractivity contribution < 1.29 is 9.53 Å². The maximum atomic E-state index is 11.7. The van der Waals surface area contributed by atoms with E-state index in [0.29, 0.717) is 13.0 Å². The molecule has 0 unspecified atom stereocenters. The number of hydrogen-bond donors (Lipinski definition) is 0. The van der Waals surface area contributed by atoms with Gasteiger partial charge < -0.3 is 4.74 Å². The van der Waals surface area contributed by atoms with Crippen LogP contribution >= 0.6 is 0 Å². The van der Waals surface area contributed by atoms with Gasteiger partial charge in [0.05, 0.1) is 0 Å². The molecule has 0 aromatic heterocycles. The Morgan fingerprint density at radius 1 is 0.875 bits per heavy atom. The van der Waals surface area contributed by atoms with E-state index in [0.717, 1.165) is 31.5 Å². The molecule has 24 heavy (non-hydrogen) atoms. The highest BCUT2D eigenvalue weighted by atomic mass is 16.5. The predicted octanol–water partition coefficient (Wildman–Crippen LogP) is 4.72. The lowest BCUT2D eigenvalue weighted by Crippen LogP contribution is -2.20. The number of rotatable bonds is 12. The monoisotopic (exact) mass is 329 g/mol. The molecule has 0 saturated carbocycles. The Labute approximate surface area is 146 Å². The van der Waals surface area contributed by atoms with Crippen molar-refractivity contribution in [1.82, 2.24) is 4.90 Å². The summed E-state index contributed by atoms with van der Waals surface area (Å²) in [4.78, 5) is 14.2. The van der Waals surface area contributed by atoms with E-state index < -0.39 is 0 Å². The van der Waals surface area contributed by atoms with E-state index in [4.69, 9.17) is 4.74 Å². The van der Waals surface area contributed by atoms with Crippen molar-refractivity contribution in [2.45, 2.75) is 58.0 Å². The fraction of sp³-hybridized carbons (Fsp3) is 0.571. The van der Waals surface area contributed by atoms with E-state index in [1.807, 2.05) is 30.3 Å². The molecule has 0 bridgehead atoms. The van der Waals surface area contributed by atoms with Gasteiger partial charge in [-0.3, -0.25) is 9.69 Å². The second kappa shape index (κ2) is 11.9. The third kappa shape index (κ3) is 8.30. The number of carbonyl (C=O) groups is 1. The van der Waals surface area contributed by atoms with E-state index in [1.165, 1.54) is 38.6 Å². The van der Waals surface area contributed by atoms with Gasteiger partial charge in [0, 0.05) is 19.5 Å². The van der Waals surface area contributed by atoms with E-state index in [1.54, 1.807) is 0 Å². The van der Waals surface area contributed by atoms with E-state index >= 15 is 0 Å². The molecule has 3 nitrogen and oxygen atoms in total. The molecule has 132 valence electrons. The molecule has 1 aliphatic heterocycles. The average molecular weight is 329 g/mol. The Kier molecular flexibility index (Phi) is 9.25.